The van der Waals surface area contributed by atoms with Crippen LogP contribution in [0.4, 0.5) is 5.69 Å². The van der Waals surface area contributed by atoms with Crippen LogP contribution in [0.25, 0.3) is 11.0 Å². The average Bonchev–Trinajstić information content (AvgIpc) is 3.20. The largest absolute Gasteiger partial charge is 0.496 e. The fraction of sp³-hybridized carbons (Fsp3) is 0.174. The van der Waals surface area contributed by atoms with Gasteiger partial charge in [0, 0.05) is 29.0 Å². The predicted molar refractivity (Wildman–Crippen MR) is 125 cm³/mol. The molecule has 4 rings (SSSR count). The number of rotatable bonds is 6. The number of carbonyl (C=O) groups is 1. The lowest BCUT2D eigenvalue weighted by Gasteiger charge is -2.16. The molecule has 0 aliphatic heterocycles. The summed E-state index contributed by atoms with van der Waals surface area (Å²) in [5.41, 5.74) is 2.42. The van der Waals surface area contributed by atoms with Gasteiger partial charge in [0.2, 0.25) is 0 Å². The molecule has 4 aromatic rings. The summed E-state index contributed by atoms with van der Waals surface area (Å²) >= 11 is 12.9. The molecule has 0 bridgehead atoms. The SMILES string of the molecule is COc1ccc(Oc2c(Cl)cc(NC(=O)c3c[nH]c4ncncc34)cc2Cl)cc1C(C)C. The summed E-state index contributed by atoms with van der Waals surface area (Å²) < 4.78 is 11.4. The van der Waals surface area contributed by atoms with Crippen LogP contribution in [0, 0.1) is 0 Å². The fourth-order valence-corrected chi connectivity index (χ4v) is 3.89. The molecule has 0 spiro atoms. The van der Waals surface area contributed by atoms with Crippen LogP contribution in [-0.4, -0.2) is 28.0 Å². The zero-order chi connectivity index (χ0) is 22.8. The van der Waals surface area contributed by atoms with Gasteiger partial charge >= 0.3 is 0 Å². The van der Waals surface area contributed by atoms with Crippen molar-refractivity contribution in [3.63, 3.8) is 0 Å². The van der Waals surface area contributed by atoms with Crippen molar-refractivity contribution in [1.29, 1.82) is 0 Å². The summed E-state index contributed by atoms with van der Waals surface area (Å²) in [6, 6.07) is 8.68. The summed E-state index contributed by atoms with van der Waals surface area (Å²) in [6.07, 6.45) is 4.56. The van der Waals surface area contributed by atoms with E-state index < -0.39 is 0 Å². The van der Waals surface area contributed by atoms with Gasteiger partial charge in [-0.1, -0.05) is 37.0 Å². The number of halogens is 2. The number of carbonyl (C=O) groups excluding carboxylic acids is 1. The predicted octanol–water partition coefficient (Wildman–Crippen LogP) is 6.44. The minimum atomic E-state index is -0.344. The quantitative estimate of drug-likeness (QED) is 0.338. The highest BCUT2D eigenvalue weighted by atomic mass is 35.5. The van der Waals surface area contributed by atoms with E-state index in [-0.39, 0.29) is 21.9 Å². The number of H-pyrrole nitrogens is 1. The summed E-state index contributed by atoms with van der Waals surface area (Å²) in [5.74, 6) is 1.56. The highest BCUT2D eigenvalue weighted by Gasteiger charge is 2.17. The molecule has 1 amide bonds. The van der Waals surface area contributed by atoms with Gasteiger partial charge in [0.25, 0.3) is 5.91 Å². The number of aromatic nitrogens is 3. The molecule has 164 valence electrons. The molecule has 32 heavy (non-hydrogen) atoms. The van der Waals surface area contributed by atoms with Crippen molar-refractivity contribution in [3.8, 4) is 17.2 Å². The van der Waals surface area contributed by atoms with E-state index in [2.05, 4.69) is 34.1 Å². The van der Waals surface area contributed by atoms with Crippen LogP contribution in [0.3, 0.4) is 0 Å². The van der Waals surface area contributed by atoms with Gasteiger partial charge < -0.3 is 19.8 Å². The van der Waals surface area contributed by atoms with Crippen molar-refractivity contribution in [2.45, 2.75) is 19.8 Å². The third kappa shape index (κ3) is 4.35. The Morgan fingerprint density at radius 2 is 1.91 bits per heavy atom. The second-order valence-electron chi connectivity index (χ2n) is 7.37. The van der Waals surface area contributed by atoms with E-state index >= 15 is 0 Å². The van der Waals surface area contributed by atoms with Gasteiger partial charge in [-0.05, 0) is 36.2 Å². The molecule has 0 radical (unpaired) electrons. The lowest BCUT2D eigenvalue weighted by Crippen LogP contribution is -2.11. The molecule has 0 aliphatic rings. The highest BCUT2D eigenvalue weighted by molar-refractivity contribution is 6.37. The Morgan fingerprint density at radius 3 is 2.59 bits per heavy atom. The van der Waals surface area contributed by atoms with Gasteiger partial charge in [-0.2, -0.15) is 0 Å². The molecular weight excluding hydrogens is 451 g/mol. The second kappa shape index (κ2) is 9.06. The first-order chi connectivity index (χ1) is 15.4. The first kappa shape index (κ1) is 21.9. The van der Waals surface area contributed by atoms with Crippen LogP contribution < -0.4 is 14.8 Å². The maximum atomic E-state index is 12.7. The summed E-state index contributed by atoms with van der Waals surface area (Å²) in [7, 11) is 1.63. The molecule has 2 heterocycles. The molecule has 2 aromatic heterocycles. The standard InChI is InChI=1S/C23H20Cl2N4O3/c1-12(2)15-8-14(4-5-20(15)31-3)32-21-18(24)6-13(7-19(21)25)29-23(30)17-10-27-22-16(17)9-26-11-28-22/h4-12H,1-3H3,(H,29,30)(H,26,27,28). The number of aromatic amines is 1. The summed E-state index contributed by atoms with van der Waals surface area (Å²) in [5, 5.41) is 3.93. The van der Waals surface area contributed by atoms with Gasteiger partial charge in [0.05, 0.1) is 22.7 Å². The smallest absolute Gasteiger partial charge is 0.257 e. The van der Waals surface area contributed by atoms with Gasteiger partial charge in [-0.15, -0.1) is 0 Å². The molecule has 2 aromatic carbocycles. The monoisotopic (exact) mass is 470 g/mol. The number of methoxy groups -OCH3 is 1. The van der Waals surface area contributed by atoms with Crippen LogP contribution in [0.1, 0.15) is 35.7 Å². The van der Waals surface area contributed by atoms with Crippen molar-refractivity contribution in [1.82, 2.24) is 15.0 Å². The van der Waals surface area contributed by atoms with E-state index in [4.69, 9.17) is 32.7 Å². The number of hydrogen-bond donors (Lipinski definition) is 2. The van der Waals surface area contributed by atoms with E-state index in [9.17, 15) is 4.79 Å². The Labute approximate surface area is 194 Å². The molecule has 0 unspecified atom stereocenters. The van der Waals surface area contributed by atoms with Crippen LogP contribution in [-0.2, 0) is 0 Å². The van der Waals surface area contributed by atoms with E-state index in [0.29, 0.717) is 33.8 Å². The molecule has 0 atom stereocenters. The molecule has 0 saturated heterocycles. The summed E-state index contributed by atoms with van der Waals surface area (Å²) in [4.78, 5) is 23.7. The van der Waals surface area contributed by atoms with Gasteiger partial charge in [-0.25, -0.2) is 9.97 Å². The molecule has 9 heteroatoms. The van der Waals surface area contributed by atoms with Gasteiger partial charge in [-0.3, -0.25) is 4.79 Å². The van der Waals surface area contributed by atoms with E-state index in [1.165, 1.54) is 6.33 Å². The summed E-state index contributed by atoms with van der Waals surface area (Å²) in [6.45, 7) is 4.14. The third-order valence-corrected chi connectivity index (χ3v) is 5.46. The first-order valence-electron chi connectivity index (χ1n) is 9.80. The minimum Gasteiger partial charge on any atom is -0.496 e. The molecule has 0 aliphatic carbocycles. The normalized spacial score (nSPS) is 11.1. The Kier molecular flexibility index (Phi) is 6.21. The number of anilines is 1. The Balaban J connectivity index is 1.57. The highest BCUT2D eigenvalue weighted by Crippen LogP contribution is 2.40. The van der Waals surface area contributed by atoms with Crippen molar-refractivity contribution < 1.29 is 14.3 Å². The molecule has 0 saturated carbocycles. The minimum absolute atomic E-state index is 0.243. The lowest BCUT2D eigenvalue weighted by molar-refractivity contribution is 0.102. The van der Waals surface area contributed by atoms with Crippen molar-refractivity contribution in [2.24, 2.45) is 0 Å². The third-order valence-electron chi connectivity index (χ3n) is 4.90. The number of nitrogens with zero attached hydrogens (tertiary/aromatic N) is 2. The van der Waals surface area contributed by atoms with Crippen LogP contribution in [0.2, 0.25) is 10.0 Å². The van der Waals surface area contributed by atoms with Gasteiger partial charge in [0.1, 0.15) is 23.5 Å². The van der Waals surface area contributed by atoms with Crippen LogP contribution in [0.15, 0.2) is 49.1 Å². The van der Waals surface area contributed by atoms with E-state index in [1.54, 1.807) is 37.7 Å². The molecule has 0 fully saturated rings. The fourth-order valence-electron chi connectivity index (χ4n) is 3.32. The maximum absolute atomic E-state index is 12.7. The number of ether oxygens (including phenoxy) is 2. The topological polar surface area (TPSA) is 89.1 Å². The number of nitrogens with one attached hydrogen (secondary N) is 2. The van der Waals surface area contributed by atoms with Crippen molar-refractivity contribution in [3.05, 3.63) is 70.2 Å². The lowest BCUT2D eigenvalue weighted by atomic mass is 10.0. The van der Waals surface area contributed by atoms with E-state index in [0.717, 1.165) is 11.3 Å². The Hall–Kier alpha value is -3.29. The number of fused-ring (bicyclic) bond motifs is 1. The van der Waals surface area contributed by atoms with Crippen molar-refractivity contribution >= 4 is 45.8 Å². The maximum Gasteiger partial charge on any atom is 0.257 e. The zero-order valence-electron chi connectivity index (χ0n) is 17.6. The van der Waals surface area contributed by atoms with Gasteiger partial charge in [0.15, 0.2) is 5.75 Å². The Bertz CT molecular complexity index is 1280. The number of amides is 1. The number of hydrogen-bond acceptors (Lipinski definition) is 5. The zero-order valence-corrected chi connectivity index (χ0v) is 19.1. The van der Waals surface area contributed by atoms with Crippen molar-refractivity contribution in [2.75, 3.05) is 12.4 Å². The molecule has 7 nitrogen and oxygen atoms in total. The van der Waals surface area contributed by atoms with Crippen LogP contribution >= 0.6 is 23.2 Å². The first-order valence-corrected chi connectivity index (χ1v) is 10.6. The second-order valence-corrected chi connectivity index (χ2v) is 8.19. The Morgan fingerprint density at radius 1 is 1.16 bits per heavy atom. The van der Waals surface area contributed by atoms with E-state index in [1.807, 2.05) is 12.1 Å². The van der Waals surface area contributed by atoms with Crippen LogP contribution in [0.5, 0.6) is 17.2 Å². The number of benzene rings is 2. The molecular formula is C23H20Cl2N4O3. The molecule has 2 N–H and O–H groups in total. The average molecular weight is 471 g/mol.